The fourth-order valence-electron chi connectivity index (χ4n) is 3.53. The van der Waals surface area contributed by atoms with Crippen molar-refractivity contribution in [3.05, 3.63) is 92.8 Å². The van der Waals surface area contributed by atoms with Crippen molar-refractivity contribution in [3.8, 4) is 5.75 Å². The Balaban J connectivity index is 1.78. The molecular weight excluding hydrogens is 496 g/mol. The van der Waals surface area contributed by atoms with Crippen LogP contribution in [0.2, 0.25) is 0 Å². The summed E-state index contributed by atoms with van der Waals surface area (Å²) in [6.45, 7) is 4.24. The number of hydrogen-bond donors (Lipinski definition) is 0. The fraction of sp³-hybridized carbons (Fsp3) is 0.185. The van der Waals surface area contributed by atoms with E-state index in [0.29, 0.717) is 15.8 Å². The molecule has 4 nitrogen and oxygen atoms in total. The minimum atomic E-state index is -0.102. The molecule has 0 spiro atoms. The minimum Gasteiger partial charge on any atom is -0.496 e. The van der Waals surface area contributed by atoms with Crippen LogP contribution >= 0.6 is 27.7 Å². The second-order valence-electron chi connectivity index (χ2n) is 7.57. The zero-order valence-electron chi connectivity index (χ0n) is 18.8. The topological polar surface area (TPSA) is 41.9 Å². The Morgan fingerprint density at radius 3 is 2.21 bits per heavy atom. The Bertz CT molecular complexity index is 1220. The van der Waals surface area contributed by atoms with Gasteiger partial charge in [0.25, 0.3) is 5.91 Å². The first-order valence-electron chi connectivity index (χ1n) is 10.9. The molecule has 168 valence electrons. The van der Waals surface area contributed by atoms with Crippen LogP contribution in [0.1, 0.15) is 30.5 Å². The third kappa shape index (κ3) is 5.23. The van der Waals surface area contributed by atoms with Crippen molar-refractivity contribution in [2.75, 3.05) is 12.0 Å². The number of anilines is 1. The van der Waals surface area contributed by atoms with E-state index >= 15 is 0 Å². The first kappa shape index (κ1) is 23.3. The highest BCUT2D eigenvalue weighted by atomic mass is 79.9. The zero-order valence-corrected chi connectivity index (χ0v) is 21.2. The number of amidine groups is 1. The number of methoxy groups -OCH3 is 1. The molecule has 1 saturated heterocycles. The van der Waals surface area contributed by atoms with Gasteiger partial charge in [-0.2, -0.15) is 0 Å². The predicted molar refractivity (Wildman–Crippen MR) is 142 cm³/mol. The summed E-state index contributed by atoms with van der Waals surface area (Å²) in [4.78, 5) is 20.7. The van der Waals surface area contributed by atoms with Gasteiger partial charge in [-0.05, 0) is 84.3 Å². The van der Waals surface area contributed by atoms with E-state index in [2.05, 4.69) is 54.0 Å². The largest absolute Gasteiger partial charge is 0.496 e. The summed E-state index contributed by atoms with van der Waals surface area (Å²) in [5.74, 6) is 0.605. The number of halogens is 1. The third-order valence-corrected chi connectivity index (χ3v) is 6.92. The van der Waals surface area contributed by atoms with Crippen molar-refractivity contribution in [3.63, 3.8) is 0 Å². The molecule has 6 heteroatoms. The SMILES string of the molecule is CCc1ccc(N=C2S/C(=C\c3cc(Br)ccc3OC)C(=O)N2c2ccc(CC)cc2)cc1. The molecule has 3 aromatic rings. The van der Waals surface area contributed by atoms with Gasteiger partial charge in [0.1, 0.15) is 5.75 Å². The van der Waals surface area contributed by atoms with E-state index in [-0.39, 0.29) is 5.91 Å². The Labute approximate surface area is 207 Å². The van der Waals surface area contributed by atoms with Gasteiger partial charge in [-0.1, -0.05) is 54.0 Å². The van der Waals surface area contributed by atoms with Gasteiger partial charge in [-0.3, -0.25) is 9.69 Å². The molecule has 0 aliphatic carbocycles. The van der Waals surface area contributed by atoms with E-state index in [1.54, 1.807) is 12.0 Å². The summed E-state index contributed by atoms with van der Waals surface area (Å²) < 4.78 is 6.42. The van der Waals surface area contributed by atoms with Gasteiger partial charge in [0.05, 0.1) is 23.4 Å². The van der Waals surface area contributed by atoms with Crippen LogP contribution in [0.4, 0.5) is 11.4 Å². The van der Waals surface area contributed by atoms with Crippen LogP contribution in [-0.2, 0) is 17.6 Å². The van der Waals surface area contributed by atoms with Crippen molar-refractivity contribution in [1.82, 2.24) is 0 Å². The number of amides is 1. The van der Waals surface area contributed by atoms with Gasteiger partial charge in [0, 0.05) is 10.0 Å². The number of ether oxygens (including phenoxy) is 1. The Hall–Kier alpha value is -2.83. The van der Waals surface area contributed by atoms with E-state index in [1.165, 1.54) is 22.9 Å². The number of carbonyl (C=O) groups is 1. The molecule has 1 heterocycles. The van der Waals surface area contributed by atoms with E-state index in [0.717, 1.165) is 34.3 Å². The summed E-state index contributed by atoms with van der Waals surface area (Å²) >= 11 is 4.88. The summed E-state index contributed by atoms with van der Waals surface area (Å²) in [6, 6.07) is 22.0. The quantitative estimate of drug-likeness (QED) is 0.318. The van der Waals surface area contributed by atoms with E-state index in [4.69, 9.17) is 9.73 Å². The van der Waals surface area contributed by atoms with Crippen molar-refractivity contribution in [2.24, 2.45) is 4.99 Å². The van der Waals surface area contributed by atoms with Gasteiger partial charge in [0.15, 0.2) is 5.17 Å². The standard InChI is InChI=1S/C27H25BrN2O2S/c1-4-18-6-11-22(12-7-18)29-27-30(23-13-8-19(5-2)9-14-23)26(31)25(33-27)17-20-16-21(28)10-15-24(20)32-3/h6-17H,4-5H2,1-3H3/b25-17-,29-27?. The van der Waals surface area contributed by atoms with Crippen LogP contribution in [0.3, 0.4) is 0 Å². The number of aliphatic imine (C=N–C) groups is 1. The van der Waals surface area contributed by atoms with Crippen molar-refractivity contribution >= 4 is 56.2 Å². The average Bonchev–Trinajstić information content (AvgIpc) is 3.14. The molecule has 1 aliphatic heterocycles. The number of nitrogens with zero attached hydrogens (tertiary/aromatic N) is 2. The molecule has 3 aromatic carbocycles. The molecule has 1 fully saturated rings. The van der Waals surface area contributed by atoms with Gasteiger partial charge in [-0.15, -0.1) is 0 Å². The maximum absolute atomic E-state index is 13.6. The van der Waals surface area contributed by atoms with Crippen LogP contribution in [0, 0.1) is 0 Å². The van der Waals surface area contributed by atoms with Crippen molar-refractivity contribution in [1.29, 1.82) is 0 Å². The lowest BCUT2D eigenvalue weighted by Gasteiger charge is -2.16. The predicted octanol–water partition coefficient (Wildman–Crippen LogP) is 7.39. The Morgan fingerprint density at radius 2 is 1.61 bits per heavy atom. The highest BCUT2D eigenvalue weighted by molar-refractivity contribution is 9.10. The number of thioether (sulfide) groups is 1. The van der Waals surface area contributed by atoms with Gasteiger partial charge >= 0.3 is 0 Å². The molecule has 0 saturated carbocycles. The number of carbonyl (C=O) groups excluding carboxylic acids is 1. The minimum absolute atomic E-state index is 0.102. The lowest BCUT2D eigenvalue weighted by Crippen LogP contribution is -2.28. The average molecular weight is 521 g/mol. The second kappa shape index (κ2) is 10.4. The molecule has 33 heavy (non-hydrogen) atoms. The lowest BCUT2D eigenvalue weighted by atomic mass is 10.1. The summed E-state index contributed by atoms with van der Waals surface area (Å²) in [5.41, 5.74) is 4.93. The molecule has 0 radical (unpaired) electrons. The molecular formula is C27H25BrN2O2S. The molecule has 0 aromatic heterocycles. The molecule has 0 N–H and O–H groups in total. The van der Waals surface area contributed by atoms with E-state index in [1.807, 2.05) is 48.5 Å². The van der Waals surface area contributed by atoms with Gasteiger partial charge < -0.3 is 4.74 Å². The van der Waals surface area contributed by atoms with E-state index < -0.39 is 0 Å². The van der Waals surface area contributed by atoms with Crippen LogP contribution < -0.4 is 9.64 Å². The van der Waals surface area contributed by atoms with Gasteiger partial charge in [0.2, 0.25) is 0 Å². The van der Waals surface area contributed by atoms with Crippen LogP contribution in [-0.4, -0.2) is 18.2 Å². The molecule has 4 rings (SSSR count). The highest BCUT2D eigenvalue weighted by Gasteiger charge is 2.35. The molecule has 1 aliphatic rings. The number of aryl methyl sites for hydroxylation is 2. The third-order valence-electron chi connectivity index (χ3n) is 5.46. The molecule has 0 bridgehead atoms. The number of hydrogen-bond acceptors (Lipinski definition) is 4. The van der Waals surface area contributed by atoms with Crippen LogP contribution in [0.15, 0.2) is 81.1 Å². The van der Waals surface area contributed by atoms with Crippen molar-refractivity contribution in [2.45, 2.75) is 26.7 Å². The highest BCUT2D eigenvalue weighted by Crippen LogP contribution is 2.38. The normalized spacial score (nSPS) is 16.1. The monoisotopic (exact) mass is 520 g/mol. The Morgan fingerprint density at radius 1 is 0.970 bits per heavy atom. The molecule has 1 amide bonds. The number of rotatable bonds is 6. The second-order valence-corrected chi connectivity index (χ2v) is 9.50. The molecule has 0 atom stereocenters. The van der Waals surface area contributed by atoms with Gasteiger partial charge in [-0.25, -0.2) is 4.99 Å². The maximum atomic E-state index is 13.6. The molecule has 0 unspecified atom stereocenters. The maximum Gasteiger partial charge on any atom is 0.271 e. The Kier molecular flexibility index (Phi) is 7.36. The summed E-state index contributed by atoms with van der Waals surface area (Å²) in [5, 5.41) is 0.633. The first-order chi connectivity index (χ1) is 16.0. The van der Waals surface area contributed by atoms with Crippen LogP contribution in [0.5, 0.6) is 5.75 Å². The smallest absolute Gasteiger partial charge is 0.271 e. The lowest BCUT2D eigenvalue weighted by molar-refractivity contribution is -0.113. The fourth-order valence-corrected chi connectivity index (χ4v) is 4.90. The van der Waals surface area contributed by atoms with Crippen LogP contribution in [0.25, 0.3) is 6.08 Å². The first-order valence-corrected chi connectivity index (χ1v) is 12.5. The zero-order chi connectivity index (χ0) is 23.4. The number of benzene rings is 3. The summed E-state index contributed by atoms with van der Waals surface area (Å²) in [7, 11) is 1.63. The summed E-state index contributed by atoms with van der Waals surface area (Å²) in [6.07, 6.45) is 3.79. The van der Waals surface area contributed by atoms with E-state index in [9.17, 15) is 4.79 Å². The van der Waals surface area contributed by atoms with Crippen molar-refractivity contribution < 1.29 is 9.53 Å².